The fourth-order valence-electron chi connectivity index (χ4n) is 1.61. The van der Waals surface area contributed by atoms with E-state index >= 15 is 0 Å². The Balaban J connectivity index is 2.38. The van der Waals surface area contributed by atoms with Gasteiger partial charge in [0.15, 0.2) is 0 Å². The van der Waals surface area contributed by atoms with Gasteiger partial charge in [0, 0.05) is 5.97 Å². The minimum absolute atomic E-state index is 0.00544. The number of hydrogen-bond acceptors (Lipinski definition) is 6. The van der Waals surface area contributed by atoms with E-state index in [-0.39, 0.29) is 25.9 Å². The zero-order valence-corrected chi connectivity index (χ0v) is 11.2. The maximum atomic E-state index is 11.5. The highest BCUT2D eigenvalue weighted by atomic mass is 16.5. The lowest BCUT2D eigenvalue weighted by molar-refractivity contribution is -0.310. The van der Waals surface area contributed by atoms with Gasteiger partial charge in [-0.25, -0.2) is 4.79 Å². The van der Waals surface area contributed by atoms with Crippen molar-refractivity contribution in [3.05, 3.63) is 35.9 Å². The fraction of sp³-hybridized carbons (Fsp3) is 0.357. The molecule has 0 aromatic heterocycles. The third-order valence-electron chi connectivity index (χ3n) is 2.66. The van der Waals surface area contributed by atoms with Crippen molar-refractivity contribution >= 4 is 18.0 Å². The number of rotatable bonds is 8. The van der Waals surface area contributed by atoms with E-state index in [1.807, 2.05) is 6.07 Å². The third kappa shape index (κ3) is 6.95. The van der Waals surface area contributed by atoms with Crippen molar-refractivity contribution in [1.82, 2.24) is 5.32 Å². The van der Waals surface area contributed by atoms with Crippen LogP contribution in [0.5, 0.6) is 0 Å². The van der Waals surface area contributed by atoms with Gasteiger partial charge in [0.2, 0.25) is 0 Å². The van der Waals surface area contributed by atoms with Crippen LogP contribution in [0.1, 0.15) is 24.8 Å². The molecule has 0 saturated heterocycles. The van der Waals surface area contributed by atoms with E-state index in [0.717, 1.165) is 5.56 Å². The lowest BCUT2D eigenvalue weighted by Crippen LogP contribution is -2.48. The molecule has 1 atom stereocenters. The van der Waals surface area contributed by atoms with Crippen molar-refractivity contribution < 1.29 is 29.3 Å². The first-order valence-corrected chi connectivity index (χ1v) is 6.37. The van der Waals surface area contributed by atoms with Crippen LogP contribution in [0.4, 0.5) is 4.79 Å². The fourth-order valence-corrected chi connectivity index (χ4v) is 1.61. The van der Waals surface area contributed by atoms with Crippen LogP contribution in [-0.2, 0) is 20.9 Å². The van der Waals surface area contributed by atoms with Crippen LogP contribution in [0.15, 0.2) is 30.3 Å². The summed E-state index contributed by atoms with van der Waals surface area (Å²) in [5.74, 6) is -2.77. The van der Waals surface area contributed by atoms with Gasteiger partial charge in [-0.05, 0) is 24.8 Å². The molecule has 21 heavy (non-hydrogen) atoms. The number of alkyl carbamates (subject to hydrolysis) is 1. The number of nitrogens with one attached hydrogen (secondary N) is 1. The van der Waals surface area contributed by atoms with Crippen LogP contribution in [-0.4, -0.2) is 24.1 Å². The van der Waals surface area contributed by atoms with Crippen LogP contribution in [0, 0.1) is 0 Å². The van der Waals surface area contributed by atoms with E-state index in [4.69, 9.17) is 4.74 Å². The summed E-state index contributed by atoms with van der Waals surface area (Å²) in [4.78, 5) is 32.6. The maximum Gasteiger partial charge on any atom is 0.407 e. The minimum Gasteiger partial charge on any atom is -0.550 e. The van der Waals surface area contributed by atoms with Gasteiger partial charge in [0.1, 0.15) is 6.61 Å². The van der Waals surface area contributed by atoms with Crippen molar-refractivity contribution in [3.63, 3.8) is 0 Å². The van der Waals surface area contributed by atoms with Gasteiger partial charge in [-0.2, -0.15) is 0 Å². The van der Waals surface area contributed by atoms with E-state index in [0.29, 0.717) is 0 Å². The highest BCUT2D eigenvalue weighted by Gasteiger charge is 2.14. The predicted octanol–water partition coefficient (Wildman–Crippen LogP) is -1.05. The number of carboxylic acid groups (broad SMARTS) is 2. The predicted molar refractivity (Wildman–Crippen MR) is 67.4 cm³/mol. The standard InChI is InChI=1S/C14H17NO6/c16-12(17)8-4-7-11(13(18)19)15-14(20)21-9-10-5-2-1-3-6-10/h1-3,5-6,11H,4,7-9H2,(H,15,20)(H,16,17)(H,18,19)/p-2/t11-/m0/s1. The number of carboxylic acids is 2. The third-order valence-corrected chi connectivity index (χ3v) is 2.66. The van der Waals surface area contributed by atoms with Crippen molar-refractivity contribution in [2.45, 2.75) is 31.9 Å². The van der Waals surface area contributed by atoms with Crippen LogP contribution in [0.3, 0.4) is 0 Å². The summed E-state index contributed by atoms with van der Waals surface area (Å²) < 4.78 is 4.87. The number of hydrogen-bond donors (Lipinski definition) is 1. The highest BCUT2D eigenvalue weighted by Crippen LogP contribution is 2.03. The first-order valence-electron chi connectivity index (χ1n) is 6.37. The quantitative estimate of drug-likeness (QED) is 0.653. The van der Waals surface area contributed by atoms with Crippen LogP contribution >= 0.6 is 0 Å². The SMILES string of the molecule is O=C([O-])CCC[C@H](NC(=O)OCc1ccccc1)C(=O)[O-]. The monoisotopic (exact) mass is 293 g/mol. The molecular weight excluding hydrogens is 278 g/mol. The Morgan fingerprint density at radius 3 is 2.38 bits per heavy atom. The van der Waals surface area contributed by atoms with E-state index in [1.54, 1.807) is 24.3 Å². The molecule has 1 N–H and O–H groups in total. The Labute approximate surface area is 121 Å². The van der Waals surface area contributed by atoms with Crippen LogP contribution < -0.4 is 15.5 Å². The second kappa shape index (κ2) is 8.57. The zero-order chi connectivity index (χ0) is 15.7. The topological polar surface area (TPSA) is 119 Å². The normalized spacial score (nSPS) is 11.4. The van der Waals surface area contributed by atoms with Gasteiger partial charge in [-0.15, -0.1) is 0 Å². The first kappa shape index (κ1) is 16.5. The summed E-state index contributed by atoms with van der Waals surface area (Å²) in [7, 11) is 0. The Kier molecular flexibility index (Phi) is 6.73. The number of aliphatic carboxylic acids is 2. The molecule has 114 valence electrons. The van der Waals surface area contributed by atoms with Gasteiger partial charge < -0.3 is 29.9 Å². The molecule has 0 aliphatic carbocycles. The molecule has 7 nitrogen and oxygen atoms in total. The molecule has 0 saturated carbocycles. The number of carbonyl (C=O) groups excluding carboxylic acids is 3. The second-order valence-corrected chi connectivity index (χ2v) is 4.34. The number of benzene rings is 1. The van der Waals surface area contributed by atoms with Crippen molar-refractivity contribution in [3.8, 4) is 0 Å². The zero-order valence-electron chi connectivity index (χ0n) is 11.2. The summed E-state index contributed by atoms with van der Waals surface area (Å²) in [5, 5.41) is 23.2. The van der Waals surface area contributed by atoms with E-state index in [9.17, 15) is 24.6 Å². The largest absolute Gasteiger partial charge is 0.550 e. The molecule has 1 rings (SSSR count). The molecule has 0 spiro atoms. The minimum atomic E-state index is -1.50. The van der Waals surface area contributed by atoms with Gasteiger partial charge in [0.05, 0.1) is 12.0 Å². The number of ether oxygens (including phenoxy) is 1. The molecular formula is C14H15NO6-2. The molecule has 0 radical (unpaired) electrons. The average molecular weight is 293 g/mol. The van der Waals surface area contributed by atoms with Crippen LogP contribution in [0.25, 0.3) is 0 Å². The smallest absolute Gasteiger partial charge is 0.407 e. The molecule has 1 aromatic carbocycles. The van der Waals surface area contributed by atoms with Gasteiger partial charge in [-0.3, -0.25) is 0 Å². The Bertz CT molecular complexity index is 487. The summed E-state index contributed by atoms with van der Waals surface area (Å²) in [6, 6.07) is 7.58. The summed E-state index contributed by atoms with van der Waals surface area (Å²) in [6.45, 7) is 0.00544. The number of carbonyl (C=O) groups is 3. The first-order chi connectivity index (χ1) is 9.99. The van der Waals surface area contributed by atoms with Crippen molar-refractivity contribution in [2.75, 3.05) is 0 Å². The molecule has 0 heterocycles. The van der Waals surface area contributed by atoms with Gasteiger partial charge >= 0.3 is 6.09 Å². The lowest BCUT2D eigenvalue weighted by atomic mass is 10.1. The molecule has 1 amide bonds. The molecule has 0 aliphatic rings. The van der Waals surface area contributed by atoms with E-state index in [2.05, 4.69) is 5.32 Å². The summed E-state index contributed by atoms with van der Waals surface area (Å²) in [6.07, 6.45) is -1.21. The van der Waals surface area contributed by atoms with E-state index in [1.165, 1.54) is 0 Å². The van der Waals surface area contributed by atoms with Gasteiger partial charge in [0.25, 0.3) is 0 Å². The van der Waals surface area contributed by atoms with E-state index < -0.39 is 24.1 Å². The molecule has 0 fully saturated rings. The summed E-state index contributed by atoms with van der Waals surface area (Å²) in [5.41, 5.74) is 0.759. The Morgan fingerprint density at radius 2 is 1.81 bits per heavy atom. The molecule has 0 aliphatic heterocycles. The van der Waals surface area contributed by atoms with Crippen molar-refractivity contribution in [2.24, 2.45) is 0 Å². The van der Waals surface area contributed by atoms with Crippen LogP contribution in [0.2, 0.25) is 0 Å². The maximum absolute atomic E-state index is 11.5. The van der Waals surface area contributed by atoms with Crippen molar-refractivity contribution in [1.29, 1.82) is 0 Å². The molecule has 0 bridgehead atoms. The summed E-state index contributed by atoms with van der Waals surface area (Å²) >= 11 is 0. The Hall–Kier alpha value is -2.57. The molecule has 7 heteroatoms. The molecule has 0 unspecified atom stereocenters. The average Bonchev–Trinajstić information content (AvgIpc) is 2.44. The molecule has 1 aromatic rings. The highest BCUT2D eigenvalue weighted by molar-refractivity contribution is 5.78. The Morgan fingerprint density at radius 1 is 1.14 bits per heavy atom. The lowest BCUT2D eigenvalue weighted by Gasteiger charge is -2.19. The second-order valence-electron chi connectivity index (χ2n) is 4.34. The van der Waals surface area contributed by atoms with Gasteiger partial charge in [-0.1, -0.05) is 30.3 Å². The number of amides is 1.